The Morgan fingerprint density at radius 3 is 2.61 bits per heavy atom. The maximum Gasteiger partial charge on any atom is 0.181 e. The molecule has 1 aliphatic rings. The zero-order valence-electron chi connectivity index (χ0n) is 12.7. The molecule has 3 N–H and O–H groups in total. The number of benzene rings is 2. The molecule has 23 heavy (non-hydrogen) atoms. The lowest BCUT2D eigenvalue weighted by Crippen LogP contribution is -2.26. The Bertz CT molecular complexity index is 796. The second-order valence-corrected chi connectivity index (χ2v) is 5.40. The monoisotopic (exact) mass is 316 g/mol. The lowest BCUT2D eigenvalue weighted by molar-refractivity contribution is 0.0889. The van der Waals surface area contributed by atoms with Gasteiger partial charge in [-0.05, 0) is 13.0 Å². The Labute approximate surface area is 132 Å². The quantitative estimate of drug-likeness (QED) is 0.787. The first-order chi connectivity index (χ1) is 10.9. The second-order valence-electron chi connectivity index (χ2n) is 5.40. The molecule has 1 unspecified atom stereocenters. The number of hydrogen-bond donors (Lipinski definition) is 3. The zero-order chi connectivity index (χ0) is 16.7. The first-order valence-electron chi connectivity index (χ1n) is 7.03. The van der Waals surface area contributed by atoms with Crippen molar-refractivity contribution in [2.24, 2.45) is 0 Å². The van der Waals surface area contributed by atoms with Crippen molar-refractivity contribution in [1.82, 2.24) is 0 Å². The van der Waals surface area contributed by atoms with Crippen LogP contribution in [0, 0.1) is 6.92 Å². The van der Waals surface area contributed by atoms with Crippen LogP contribution in [0.4, 0.5) is 0 Å². The molecule has 0 aliphatic carbocycles. The van der Waals surface area contributed by atoms with Crippen LogP contribution in [0.3, 0.4) is 0 Å². The van der Waals surface area contributed by atoms with Crippen LogP contribution in [0.15, 0.2) is 24.3 Å². The summed E-state index contributed by atoms with van der Waals surface area (Å²) in [6.07, 6.45) is 0. The molecule has 1 aliphatic heterocycles. The minimum Gasteiger partial charge on any atom is -0.508 e. The maximum absolute atomic E-state index is 12.8. The molecule has 2 aromatic carbocycles. The highest BCUT2D eigenvalue weighted by Gasteiger charge is 2.35. The Balaban J connectivity index is 2.09. The van der Waals surface area contributed by atoms with E-state index in [1.54, 1.807) is 13.0 Å². The number of ketones is 1. The normalized spacial score (nSPS) is 16.6. The van der Waals surface area contributed by atoms with Gasteiger partial charge in [0.2, 0.25) is 0 Å². The van der Waals surface area contributed by atoms with Crippen molar-refractivity contribution in [3.63, 3.8) is 0 Å². The fourth-order valence-electron chi connectivity index (χ4n) is 2.77. The number of phenols is 3. The number of carbonyl (C=O) groups is 1. The first kappa shape index (κ1) is 15.0. The van der Waals surface area contributed by atoms with E-state index in [1.807, 2.05) is 0 Å². The van der Waals surface area contributed by atoms with Crippen molar-refractivity contribution >= 4 is 5.78 Å². The summed E-state index contributed by atoms with van der Waals surface area (Å²) in [6, 6.07) is 5.58. The Morgan fingerprint density at radius 1 is 1.22 bits per heavy atom. The zero-order valence-corrected chi connectivity index (χ0v) is 12.7. The molecule has 1 atom stereocenters. The number of aromatic hydroxyl groups is 3. The highest BCUT2D eigenvalue weighted by molar-refractivity contribution is 6.07. The molecule has 3 rings (SSSR count). The molecule has 6 nitrogen and oxygen atoms in total. The maximum atomic E-state index is 12.8. The van der Waals surface area contributed by atoms with Gasteiger partial charge in [0.25, 0.3) is 0 Å². The van der Waals surface area contributed by atoms with Gasteiger partial charge >= 0.3 is 0 Å². The third-order valence-corrected chi connectivity index (χ3v) is 4.05. The van der Waals surface area contributed by atoms with Crippen molar-refractivity contribution < 1.29 is 29.6 Å². The van der Waals surface area contributed by atoms with Crippen molar-refractivity contribution in [3.8, 4) is 28.7 Å². The van der Waals surface area contributed by atoms with Gasteiger partial charge in [-0.2, -0.15) is 0 Å². The highest BCUT2D eigenvalue weighted by atomic mass is 16.5. The van der Waals surface area contributed by atoms with E-state index in [0.717, 1.165) is 6.07 Å². The van der Waals surface area contributed by atoms with E-state index in [-0.39, 0.29) is 41.0 Å². The topological polar surface area (TPSA) is 96.2 Å². The minimum absolute atomic E-state index is 0.0236. The Kier molecular flexibility index (Phi) is 3.52. The van der Waals surface area contributed by atoms with E-state index in [0.29, 0.717) is 16.9 Å². The average molecular weight is 316 g/mol. The number of fused-ring (bicyclic) bond motifs is 1. The SMILES string of the molecule is COc1cc2c(c(O)c1C)C(=O)C(c1ccc(O)cc1O)CO2. The molecule has 0 radical (unpaired) electrons. The number of hydrogen-bond acceptors (Lipinski definition) is 6. The first-order valence-corrected chi connectivity index (χ1v) is 7.03. The van der Waals surface area contributed by atoms with Gasteiger partial charge in [-0.15, -0.1) is 0 Å². The van der Waals surface area contributed by atoms with Gasteiger partial charge in [0.15, 0.2) is 5.78 Å². The van der Waals surface area contributed by atoms with Crippen LogP contribution >= 0.6 is 0 Å². The van der Waals surface area contributed by atoms with Gasteiger partial charge in [-0.3, -0.25) is 4.79 Å². The lowest BCUT2D eigenvalue weighted by atomic mass is 9.87. The Morgan fingerprint density at radius 2 is 1.96 bits per heavy atom. The van der Waals surface area contributed by atoms with Gasteiger partial charge in [0, 0.05) is 23.3 Å². The molecule has 0 saturated heterocycles. The molecule has 120 valence electrons. The van der Waals surface area contributed by atoms with E-state index in [1.165, 1.54) is 19.2 Å². The largest absolute Gasteiger partial charge is 0.508 e. The molecule has 2 aromatic rings. The average Bonchev–Trinajstić information content (AvgIpc) is 2.51. The number of rotatable bonds is 2. The fourth-order valence-corrected chi connectivity index (χ4v) is 2.77. The summed E-state index contributed by atoms with van der Waals surface area (Å²) >= 11 is 0. The van der Waals surface area contributed by atoms with Crippen molar-refractivity contribution in [2.75, 3.05) is 13.7 Å². The summed E-state index contributed by atoms with van der Waals surface area (Å²) in [7, 11) is 1.47. The number of phenolic OH excluding ortho intramolecular Hbond substituents is 3. The molecule has 0 fully saturated rings. The van der Waals surface area contributed by atoms with Crippen LogP contribution in [-0.2, 0) is 0 Å². The lowest BCUT2D eigenvalue weighted by Gasteiger charge is -2.26. The smallest absolute Gasteiger partial charge is 0.181 e. The van der Waals surface area contributed by atoms with E-state index >= 15 is 0 Å². The summed E-state index contributed by atoms with van der Waals surface area (Å²) in [6.45, 7) is 1.67. The van der Waals surface area contributed by atoms with Crippen LogP contribution in [0.25, 0.3) is 0 Å². The van der Waals surface area contributed by atoms with Gasteiger partial charge in [-0.25, -0.2) is 0 Å². The molecular weight excluding hydrogens is 300 g/mol. The summed E-state index contributed by atoms with van der Waals surface area (Å²) in [5.74, 6) is -0.909. The van der Waals surface area contributed by atoms with E-state index in [2.05, 4.69) is 0 Å². The van der Waals surface area contributed by atoms with Crippen LogP contribution in [0.1, 0.15) is 27.4 Å². The summed E-state index contributed by atoms with van der Waals surface area (Å²) in [5, 5.41) is 29.7. The van der Waals surface area contributed by atoms with Crippen LogP contribution in [0.2, 0.25) is 0 Å². The van der Waals surface area contributed by atoms with Gasteiger partial charge < -0.3 is 24.8 Å². The predicted octanol–water partition coefficient (Wildman–Crippen LogP) is 2.48. The Hall–Kier alpha value is -2.89. The number of Topliss-reactive ketones (excluding diaryl/α,β-unsaturated/α-hetero) is 1. The van der Waals surface area contributed by atoms with Gasteiger partial charge in [0.05, 0.1) is 13.0 Å². The van der Waals surface area contributed by atoms with E-state index in [4.69, 9.17) is 9.47 Å². The van der Waals surface area contributed by atoms with Crippen LogP contribution in [-0.4, -0.2) is 34.8 Å². The standard InChI is InChI=1S/C17H16O6/c1-8-13(22-2)6-14-15(16(8)20)17(21)11(7-23-14)10-4-3-9(18)5-12(10)19/h3-6,11,18-20H,7H2,1-2H3. The van der Waals surface area contributed by atoms with Gasteiger partial charge in [0.1, 0.15) is 40.9 Å². The summed E-state index contributed by atoms with van der Waals surface area (Å²) in [5.41, 5.74) is 0.858. The molecule has 0 saturated carbocycles. The predicted molar refractivity (Wildman–Crippen MR) is 81.7 cm³/mol. The van der Waals surface area contributed by atoms with E-state index in [9.17, 15) is 20.1 Å². The third kappa shape index (κ3) is 2.32. The molecule has 0 bridgehead atoms. The highest BCUT2D eigenvalue weighted by Crippen LogP contribution is 2.44. The number of ether oxygens (including phenoxy) is 2. The van der Waals surface area contributed by atoms with Crippen LogP contribution in [0.5, 0.6) is 28.7 Å². The molecule has 1 heterocycles. The molecule has 0 aromatic heterocycles. The third-order valence-electron chi connectivity index (χ3n) is 4.05. The summed E-state index contributed by atoms with van der Waals surface area (Å²) < 4.78 is 10.7. The second kappa shape index (κ2) is 5.39. The molecule has 0 spiro atoms. The number of methoxy groups -OCH3 is 1. The van der Waals surface area contributed by atoms with Crippen molar-refractivity contribution in [3.05, 3.63) is 41.0 Å². The van der Waals surface area contributed by atoms with Gasteiger partial charge in [-0.1, -0.05) is 6.07 Å². The van der Waals surface area contributed by atoms with Crippen LogP contribution < -0.4 is 9.47 Å². The van der Waals surface area contributed by atoms with Crippen molar-refractivity contribution in [2.45, 2.75) is 12.8 Å². The fraction of sp³-hybridized carbons (Fsp3) is 0.235. The molecular formula is C17H16O6. The van der Waals surface area contributed by atoms with Crippen molar-refractivity contribution in [1.29, 1.82) is 0 Å². The molecule has 0 amide bonds. The number of carbonyl (C=O) groups excluding carboxylic acids is 1. The summed E-state index contributed by atoms with van der Waals surface area (Å²) in [4.78, 5) is 12.8. The molecule has 6 heteroatoms. The minimum atomic E-state index is -0.762. The van der Waals surface area contributed by atoms with E-state index < -0.39 is 5.92 Å².